The van der Waals surface area contributed by atoms with Crippen molar-refractivity contribution < 1.29 is 4.79 Å². The summed E-state index contributed by atoms with van der Waals surface area (Å²) in [5.41, 5.74) is 2.32. The fourth-order valence-corrected chi connectivity index (χ4v) is 3.41. The second kappa shape index (κ2) is 6.22. The molecule has 1 aromatic heterocycles. The van der Waals surface area contributed by atoms with Gasteiger partial charge in [0.05, 0.1) is 5.92 Å². The molecule has 1 unspecified atom stereocenters. The molecule has 0 aliphatic carbocycles. The largest absolute Gasteiger partial charge is 0.343 e. The average molecular weight is 294 g/mol. The SMILES string of the molecule is C=CCN1CCCC(c2cn(CC=C)c3ccccc23)C1=O. The van der Waals surface area contributed by atoms with Crippen molar-refractivity contribution in [3.8, 4) is 0 Å². The molecule has 114 valence electrons. The lowest BCUT2D eigenvalue weighted by molar-refractivity contribution is -0.134. The van der Waals surface area contributed by atoms with E-state index in [1.807, 2.05) is 23.1 Å². The van der Waals surface area contributed by atoms with E-state index in [-0.39, 0.29) is 11.8 Å². The van der Waals surface area contributed by atoms with Gasteiger partial charge < -0.3 is 9.47 Å². The Morgan fingerprint density at radius 2 is 1.95 bits per heavy atom. The van der Waals surface area contributed by atoms with Crippen molar-refractivity contribution in [1.29, 1.82) is 0 Å². The number of carbonyl (C=O) groups is 1. The lowest BCUT2D eigenvalue weighted by atomic mass is 9.89. The molecule has 22 heavy (non-hydrogen) atoms. The number of hydrogen-bond donors (Lipinski definition) is 0. The minimum atomic E-state index is -0.0373. The number of likely N-dealkylation sites (tertiary alicyclic amines) is 1. The summed E-state index contributed by atoms with van der Waals surface area (Å²) in [6.07, 6.45) is 7.80. The predicted molar refractivity (Wildman–Crippen MR) is 90.9 cm³/mol. The van der Waals surface area contributed by atoms with Gasteiger partial charge in [0, 0.05) is 36.7 Å². The molecule has 3 rings (SSSR count). The molecule has 1 amide bonds. The van der Waals surface area contributed by atoms with E-state index < -0.39 is 0 Å². The Labute approximate surface area is 131 Å². The smallest absolute Gasteiger partial charge is 0.230 e. The molecule has 1 atom stereocenters. The number of aromatic nitrogens is 1. The van der Waals surface area contributed by atoms with Gasteiger partial charge >= 0.3 is 0 Å². The van der Waals surface area contributed by atoms with Crippen LogP contribution in [0.2, 0.25) is 0 Å². The fourth-order valence-electron chi connectivity index (χ4n) is 3.41. The number of fused-ring (bicyclic) bond motifs is 1. The molecule has 1 fully saturated rings. The van der Waals surface area contributed by atoms with Crippen LogP contribution in [0.1, 0.15) is 24.3 Å². The lowest BCUT2D eigenvalue weighted by Crippen LogP contribution is -2.40. The first-order valence-corrected chi connectivity index (χ1v) is 7.84. The molecule has 1 aliphatic rings. The maximum absolute atomic E-state index is 12.8. The molecule has 0 saturated carbocycles. The van der Waals surface area contributed by atoms with E-state index in [4.69, 9.17) is 0 Å². The summed E-state index contributed by atoms with van der Waals surface area (Å²) >= 11 is 0. The van der Waals surface area contributed by atoms with Crippen LogP contribution >= 0.6 is 0 Å². The Bertz CT molecular complexity index is 713. The summed E-state index contributed by atoms with van der Waals surface area (Å²) in [7, 11) is 0. The Kier molecular flexibility index (Phi) is 4.14. The highest BCUT2D eigenvalue weighted by Gasteiger charge is 2.31. The van der Waals surface area contributed by atoms with Crippen LogP contribution in [0.3, 0.4) is 0 Å². The number of amides is 1. The standard InChI is InChI=1S/C19H22N2O/c1-3-11-20-13-7-9-16(19(20)22)17-14-21(12-4-2)18-10-6-5-8-15(17)18/h3-6,8,10,14,16H,1-2,7,9,11-13H2. The number of benzene rings is 1. The van der Waals surface area contributed by atoms with E-state index >= 15 is 0 Å². The van der Waals surface area contributed by atoms with Crippen LogP contribution in [-0.4, -0.2) is 28.5 Å². The lowest BCUT2D eigenvalue weighted by Gasteiger charge is -2.31. The molecule has 1 saturated heterocycles. The number of rotatable bonds is 5. The van der Waals surface area contributed by atoms with E-state index in [2.05, 4.69) is 36.1 Å². The first-order valence-electron chi connectivity index (χ1n) is 7.84. The summed E-state index contributed by atoms with van der Waals surface area (Å²) in [4.78, 5) is 14.7. The van der Waals surface area contributed by atoms with Gasteiger partial charge in [-0.3, -0.25) is 4.79 Å². The summed E-state index contributed by atoms with van der Waals surface area (Å²) in [5.74, 6) is 0.192. The minimum absolute atomic E-state index is 0.0373. The van der Waals surface area contributed by atoms with Gasteiger partial charge in [-0.2, -0.15) is 0 Å². The molecule has 3 nitrogen and oxygen atoms in total. The number of piperidine rings is 1. The molecule has 2 heterocycles. The van der Waals surface area contributed by atoms with Gasteiger partial charge in [0.2, 0.25) is 5.91 Å². The summed E-state index contributed by atoms with van der Waals surface area (Å²) in [6, 6.07) is 8.30. The number of hydrogen-bond acceptors (Lipinski definition) is 1. The maximum atomic E-state index is 12.8. The van der Waals surface area contributed by atoms with Crippen molar-refractivity contribution in [3.05, 3.63) is 61.3 Å². The molecule has 1 aromatic carbocycles. The van der Waals surface area contributed by atoms with Crippen molar-refractivity contribution in [2.45, 2.75) is 25.3 Å². The zero-order chi connectivity index (χ0) is 15.5. The van der Waals surface area contributed by atoms with Crippen LogP contribution in [0.15, 0.2) is 55.8 Å². The monoisotopic (exact) mass is 294 g/mol. The number of carbonyl (C=O) groups excluding carboxylic acids is 1. The first kappa shape index (κ1) is 14.6. The quantitative estimate of drug-likeness (QED) is 0.772. The second-order valence-electron chi connectivity index (χ2n) is 5.81. The molecule has 0 bridgehead atoms. The van der Waals surface area contributed by atoms with E-state index in [1.54, 1.807) is 6.08 Å². The van der Waals surface area contributed by atoms with E-state index in [0.29, 0.717) is 6.54 Å². The Balaban J connectivity index is 2.03. The van der Waals surface area contributed by atoms with Crippen molar-refractivity contribution in [2.24, 2.45) is 0 Å². The Morgan fingerprint density at radius 1 is 1.18 bits per heavy atom. The van der Waals surface area contributed by atoms with Crippen molar-refractivity contribution in [1.82, 2.24) is 9.47 Å². The third-order valence-corrected chi connectivity index (χ3v) is 4.40. The molecular formula is C19H22N2O. The molecule has 0 spiro atoms. The molecule has 2 aromatic rings. The van der Waals surface area contributed by atoms with Crippen molar-refractivity contribution in [2.75, 3.05) is 13.1 Å². The van der Waals surface area contributed by atoms with Crippen LogP contribution < -0.4 is 0 Å². The zero-order valence-electron chi connectivity index (χ0n) is 12.9. The highest BCUT2D eigenvalue weighted by Crippen LogP contribution is 2.34. The number of nitrogens with zero attached hydrogens (tertiary/aromatic N) is 2. The van der Waals surface area contributed by atoms with Gasteiger partial charge in [-0.25, -0.2) is 0 Å². The number of para-hydroxylation sites is 1. The van der Waals surface area contributed by atoms with E-state index in [9.17, 15) is 4.79 Å². The second-order valence-corrected chi connectivity index (χ2v) is 5.81. The van der Waals surface area contributed by atoms with Gasteiger partial charge in [-0.1, -0.05) is 30.4 Å². The number of allylic oxidation sites excluding steroid dienone is 1. The van der Waals surface area contributed by atoms with Gasteiger partial charge in [-0.15, -0.1) is 13.2 Å². The third-order valence-electron chi connectivity index (χ3n) is 4.40. The maximum Gasteiger partial charge on any atom is 0.230 e. The van der Waals surface area contributed by atoms with Crippen LogP contribution in [0.4, 0.5) is 0 Å². The van der Waals surface area contributed by atoms with Crippen molar-refractivity contribution in [3.63, 3.8) is 0 Å². The highest BCUT2D eigenvalue weighted by atomic mass is 16.2. The highest BCUT2D eigenvalue weighted by molar-refractivity contribution is 5.93. The van der Waals surface area contributed by atoms with Gasteiger partial charge in [0.15, 0.2) is 0 Å². The average Bonchev–Trinajstić information content (AvgIpc) is 2.89. The zero-order valence-corrected chi connectivity index (χ0v) is 12.9. The third kappa shape index (κ3) is 2.47. The Hall–Kier alpha value is -2.29. The Morgan fingerprint density at radius 3 is 2.73 bits per heavy atom. The van der Waals surface area contributed by atoms with E-state index in [1.165, 1.54) is 10.9 Å². The van der Waals surface area contributed by atoms with E-state index in [0.717, 1.165) is 31.5 Å². The molecule has 0 N–H and O–H groups in total. The normalized spacial score (nSPS) is 18.6. The predicted octanol–water partition coefficient (Wildman–Crippen LogP) is 3.72. The topological polar surface area (TPSA) is 25.2 Å². The molecule has 3 heteroatoms. The van der Waals surface area contributed by atoms with Gasteiger partial charge in [0.1, 0.15) is 0 Å². The fraction of sp³-hybridized carbons (Fsp3) is 0.316. The molecule has 1 aliphatic heterocycles. The van der Waals surface area contributed by atoms with Crippen LogP contribution in [0.25, 0.3) is 10.9 Å². The van der Waals surface area contributed by atoms with Crippen LogP contribution in [-0.2, 0) is 11.3 Å². The van der Waals surface area contributed by atoms with Crippen LogP contribution in [0.5, 0.6) is 0 Å². The molecular weight excluding hydrogens is 272 g/mol. The van der Waals surface area contributed by atoms with Gasteiger partial charge in [0.25, 0.3) is 0 Å². The van der Waals surface area contributed by atoms with Gasteiger partial charge in [-0.05, 0) is 24.5 Å². The first-order chi connectivity index (χ1) is 10.8. The molecule has 0 radical (unpaired) electrons. The minimum Gasteiger partial charge on any atom is -0.343 e. The summed E-state index contributed by atoms with van der Waals surface area (Å²) in [6.45, 7) is 9.83. The summed E-state index contributed by atoms with van der Waals surface area (Å²) < 4.78 is 2.18. The van der Waals surface area contributed by atoms with Crippen LogP contribution in [0, 0.1) is 0 Å². The van der Waals surface area contributed by atoms with Crippen molar-refractivity contribution >= 4 is 16.8 Å². The summed E-state index contributed by atoms with van der Waals surface area (Å²) in [5, 5.41) is 1.18.